The van der Waals surface area contributed by atoms with Gasteiger partial charge in [0.25, 0.3) is 0 Å². The highest BCUT2D eigenvalue weighted by Gasteiger charge is 2.41. The number of benzene rings is 1. The van der Waals surface area contributed by atoms with Gasteiger partial charge in [-0.25, -0.2) is 0 Å². The van der Waals surface area contributed by atoms with E-state index in [0.29, 0.717) is 19.0 Å². The smallest absolute Gasteiger partial charge is 0.225 e. The molecule has 0 bridgehead atoms. The molecule has 1 aliphatic carbocycles. The first-order chi connectivity index (χ1) is 10.1. The molecule has 2 amide bonds. The van der Waals surface area contributed by atoms with Crippen LogP contribution in [-0.2, 0) is 9.59 Å². The summed E-state index contributed by atoms with van der Waals surface area (Å²) in [6.07, 6.45) is 2.56. The fourth-order valence-electron chi connectivity index (χ4n) is 3.13. The number of amides is 2. The highest BCUT2D eigenvalue weighted by atomic mass is 16.2. The summed E-state index contributed by atoms with van der Waals surface area (Å²) in [6.45, 7) is 4.64. The molecule has 4 nitrogen and oxygen atoms in total. The van der Waals surface area contributed by atoms with Gasteiger partial charge in [0, 0.05) is 19.0 Å². The Kier molecular flexibility index (Phi) is 3.70. The lowest BCUT2D eigenvalue weighted by Gasteiger charge is -2.19. The molecule has 21 heavy (non-hydrogen) atoms. The molecular formula is C17H22N2O2. The molecule has 1 aromatic carbocycles. The van der Waals surface area contributed by atoms with E-state index in [2.05, 4.69) is 5.32 Å². The maximum atomic E-state index is 12.4. The summed E-state index contributed by atoms with van der Waals surface area (Å²) < 4.78 is 0. The first-order valence-electron chi connectivity index (χ1n) is 7.71. The second kappa shape index (κ2) is 5.51. The van der Waals surface area contributed by atoms with Crippen LogP contribution in [0.4, 0.5) is 0 Å². The van der Waals surface area contributed by atoms with E-state index in [1.54, 1.807) is 0 Å². The number of aryl methyl sites for hydroxylation is 1. The SMILES string of the molecule is Cc1ccccc1[C@H](C)NC(=O)[C@@H]1CC(=O)N(C2CC2)C1. The van der Waals surface area contributed by atoms with Crippen LogP contribution in [0, 0.1) is 12.8 Å². The Morgan fingerprint density at radius 3 is 2.71 bits per heavy atom. The minimum absolute atomic E-state index is 0.00209. The Balaban J connectivity index is 1.61. The van der Waals surface area contributed by atoms with Crippen molar-refractivity contribution in [3.05, 3.63) is 35.4 Å². The summed E-state index contributed by atoms with van der Waals surface area (Å²) in [7, 11) is 0. The van der Waals surface area contributed by atoms with Crippen LogP contribution in [0.3, 0.4) is 0 Å². The zero-order valence-corrected chi connectivity index (χ0v) is 12.6. The van der Waals surface area contributed by atoms with E-state index >= 15 is 0 Å². The third kappa shape index (κ3) is 2.94. The number of hydrogen-bond donors (Lipinski definition) is 1. The highest BCUT2D eigenvalue weighted by Crippen LogP contribution is 2.32. The Morgan fingerprint density at radius 2 is 2.05 bits per heavy atom. The van der Waals surface area contributed by atoms with Crippen molar-refractivity contribution in [3.8, 4) is 0 Å². The van der Waals surface area contributed by atoms with E-state index in [1.807, 2.05) is 43.0 Å². The van der Waals surface area contributed by atoms with Crippen LogP contribution in [-0.4, -0.2) is 29.3 Å². The molecule has 0 spiro atoms. The van der Waals surface area contributed by atoms with Gasteiger partial charge in [0.15, 0.2) is 0 Å². The number of rotatable bonds is 4. The Bertz CT molecular complexity index is 566. The molecule has 0 aromatic heterocycles. The number of carbonyl (C=O) groups excluding carboxylic acids is 2. The molecule has 2 aliphatic rings. The molecule has 3 rings (SSSR count). The fraction of sp³-hybridized carbons (Fsp3) is 0.529. The van der Waals surface area contributed by atoms with Crippen molar-refractivity contribution < 1.29 is 9.59 Å². The maximum absolute atomic E-state index is 12.4. The molecule has 1 N–H and O–H groups in total. The van der Waals surface area contributed by atoms with Crippen LogP contribution in [0.15, 0.2) is 24.3 Å². The third-order valence-corrected chi connectivity index (χ3v) is 4.53. The zero-order valence-electron chi connectivity index (χ0n) is 12.6. The van der Waals surface area contributed by atoms with E-state index in [1.165, 1.54) is 5.56 Å². The van der Waals surface area contributed by atoms with Crippen LogP contribution < -0.4 is 5.32 Å². The fourth-order valence-corrected chi connectivity index (χ4v) is 3.13. The molecule has 1 saturated carbocycles. The van der Waals surface area contributed by atoms with Gasteiger partial charge >= 0.3 is 0 Å². The molecule has 0 radical (unpaired) electrons. The van der Waals surface area contributed by atoms with Crippen LogP contribution >= 0.6 is 0 Å². The van der Waals surface area contributed by atoms with Gasteiger partial charge in [-0.1, -0.05) is 24.3 Å². The van der Waals surface area contributed by atoms with Gasteiger partial charge < -0.3 is 10.2 Å². The van der Waals surface area contributed by atoms with Gasteiger partial charge in [0.2, 0.25) is 11.8 Å². The second-order valence-electron chi connectivity index (χ2n) is 6.27. The first kappa shape index (κ1) is 14.1. The van der Waals surface area contributed by atoms with Crippen molar-refractivity contribution in [2.24, 2.45) is 5.92 Å². The van der Waals surface area contributed by atoms with Gasteiger partial charge in [-0.05, 0) is 37.8 Å². The molecule has 2 atom stereocenters. The predicted molar refractivity (Wildman–Crippen MR) is 80.6 cm³/mol. The molecule has 1 heterocycles. The van der Waals surface area contributed by atoms with Crippen LogP contribution in [0.2, 0.25) is 0 Å². The van der Waals surface area contributed by atoms with E-state index in [0.717, 1.165) is 18.4 Å². The van der Waals surface area contributed by atoms with Gasteiger partial charge in [-0.3, -0.25) is 9.59 Å². The summed E-state index contributed by atoms with van der Waals surface area (Å²) in [5.41, 5.74) is 2.31. The molecule has 112 valence electrons. The van der Waals surface area contributed by atoms with Crippen molar-refractivity contribution in [2.45, 2.75) is 45.2 Å². The van der Waals surface area contributed by atoms with Crippen LogP contribution in [0.25, 0.3) is 0 Å². The van der Waals surface area contributed by atoms with Crippen molar-refractivity contribution in [3.63, 3.8) is 0 Å². The lowest BCUT2D eigenvalue weighted by Crippen LogP contribution is -2.35. The van der Waals surface area contributed by atoms with E-state index in [4.69, 9.17) is 0 Å². The largest absolute Gasteiger partial charge is 0.349 e. The minimum atomic E-state index is -0.190. The van der Waals surface area contributed by atoms with E-state index in [9.17, 15) is 9.59 Å². The topological polar surface area (TPSA) is 49.4 Å². The van der Waals surface area contributed by atoms with E-state index in [-0.39, 0.29) is 23.8 Å². The average Bonchev–Trinajstić information content (AvgIpc) is 3.22. The number of hydrogen-bond acceptors (Lipinski definition) is 2. The number of nitrogens with one attached hydrogen (secondary N) is 1. The number of carbonyl (C=O) groups is 2. The normalized spacial score (nSPS) is 23.2. The Hall–Kier alpha value is -1.84. The summed E-state index contributed by atoms with van der Waals surface area (Å²) >= 11 is 0. The Labute approximate surface area is 125 Å². The summed E-state index contributed by atoms with van der Waals surface area (Å²) in [4.78, 5) is 26.2. The Morgan fingerprint density at radius 1 is 1.33 bits per heavy atom. The quantitative estimate of drug-likeness (QED) is 0.922. The standard InChI is InChI=1S/C17H22N2O2/c1-11-5-3-4-6-15(11)12(2)18-17(21)13-9-16(20)19(10-13)14-7-8-14/h3-6,12-14H,7-10H2,1-2H3,(H,18,21)/t12-,13+/m0/s1. The van der Waals surface area contributed by atoms with Gasteiger partial charge in [-0.15, -0.1) is 0 Å². The van der Waals surface area contributed by atoms with Crippen molar-refractivity contribution >= 4 is 11.8 Å². The number of nitrogens with zero attached hydrogens (tertiary/aromatic N) is 1. The molecule has 2 fully saturated rings. The lowest BCUT2D eigenvalue weighted by molar-refractivity contribution is -0.129. The molecule has 0 unspecified atom stereocenters. The first-order valence-corrected chi connectivity index (χ1v) is 7.71. The van der Waals surface area contributed by atoms with Crippen LogP contribution in [0.1, 0.15) is 43.4 Å². The minimum Gasteiger partial charge on any atom is -0.349 e. The summed E-state index contributed by atoms with van der Waals surface area (Å²) in [5.74, 6) is -0.0481. The second-order valence-corrected chi connectivity index (χ2v) is 6.27. The third-order valence-electron chi connectivity index (χ3n) is 4.53. The predicted octanol–water partition coefficient (Wildman–Crippen LogP) is 2.18. The van der Waals surface area contributed by atoms with Crippen molar-refractivity contribution in [1.82, 2.24) is 10.2 Å². The monoisotopic (exact) mass is 286 g/mol. The van der Waals surface area contributed by atoms with Gasteiger partial charge in [0.05, 0.1) is 12.0 Å². The van der Waals surface area contributed by atoms with Crippen LogP contribution in [0.5, 0.6) is 0 Å². The molecular weight excluding hydrogens is 264 g/mol. The summed E-state index contributed by atoms with van der Waals surface area (Å²) in [5, 5.41) is 3.06. The maximum Gasteiger partial charge on any atom is 0.225 e. The van der Waals surface area contributed by atoms with Gasteiger partial charge in [-0.2, -0.15) is 0 Å². The zero-order chi connectivity index (χ0) is 15.0. The van der Waals surface area contributed by atoms with Crippen molar-refractivity contribution in [1.29, 1.82) is 0 Å². The van der Waals surface area contributed by atoms with E-state index < -0.39 is 0 Å². The van der Waals surface area contributed by atoms with Crippen molar-refractivity contribution in [2.75, 3.05) is 6.54 Å². The molecule has 1 aliphatic heterocycles. The highest BCUT2D eigenvalue weighted by molar-refractivity contribution is 5.89. The number of likely N-dealkylation sites (tertiary alicyclic amines) is 1. The lowest BCUT2D eigenvalue weighted by atomic mass is 10.0. The average molecular weight is 286 g/mol. The molecule has 4 heteroatoms. The molecule has 1 saturated heterocycles. The van der Waals surface area contributed by atoms with Gasteiger partial charge in [0.1, 0.15) is 0 Å². The summed E-state index contributed by atoms with van der Waals surface area (Å²) in [6, 6.07) is 8.45. The molecule has 1 aromatic rings.